The van der Waals surface area contributed by atoms with Crippen LogP contribution >= 0.6 is 0 Å². The second-order valence-corrected chi connectivity index (χ2v) is 3.13. The Bertz CT molecular complexity index is 149. The fourth-order valence-corrected chi connectivity index (χ4v) is 1.81. The van der Waals surface area contributed by atoms with Gasteiger partial charge in [-0.15, -0.1) is 0 Å². The third kappa shape index (κ3) is 1.10. The van der Waals surface area contributed by atoms with Gasteiger partial charge < -0.3 is 5.32 Å². The molecular weight excluding hydrogens is 122 g/mol. The van der Waals surface area contributed by atoms with Gasteiger partial charge in [0.25, 0.3) is 0 Å². The summed E-state index contributed by atoms with van der Waals surface area (Å²) in [7, 11) is 0. The summed E-state index contributed by atoms with van der Waals surface area (Å²) in [5, 5.41) is 3.17. The van der Waals surface area contributed by atoms with Crippen molar-refractivity contribution >= 4 is 0 Å². The lowest BCUT2D eigenvalue weighted by Crippen LogP contribution is -2.27. The number of rotatable bonds is 0. The van der Waals surface area contributed by atoms with Crippen LogP contribution in [0.15, 0.2) is 11.6 Å². The topological polar surface area (TPSA) is 12.0 Å². The van der Waals surface area contributed by atoms with E-state index in [1.165, 1.54) is 31.3 Å². The third-order valence-electron chi connectivity index (χ3n) is 2.41. The SMILES string of the molecule is [C]1NCCC2CCCC=C12. The van der Waals surface area contributed by atoms with Crippen molar-refractivity contribution in [2.24, 2.45) is 5.92 Å². The summed E-state index contributed by atoms with van der Waals surface area (Å²) in [6, 6.07) is 0. The normalized spacial score (nSPS) is 32.8. The predicted molar refractivity (Wildman–Crippen MR) is 41.3 cm³/mol. The van der Waals surface area contributed by atoms with Crippen molar-refractivity contribution in [2.75, 3.05) is 6.54 Å². The van der Waals surface area contributed by atoms with Gasteiger partial charge in [-0.1, -0.05) is 6.08 Å². The quantitative estimate of drug-likeness (QED) is 0.533. The lowest BCUT2D eigenvalue weighted by Gasteiger charge is -2.28. The van der Waals surface area contributed by atoms with Crippen LogP contribution in [0.2, 0.25) is 0 Å². The molecule has 10 heavy (non-hydrogen) atoms. The van der Waals surface area contributed by atoms with Gasteiger partial charge in [0.2, 0.25) is 0 Å². The first-order valence-electron chi connectivity index (χ1n) is 4.16. The average Bonchev–Trinajstić information content (AvgIpc) is 2.05. The fraction of sp³-hybridized carbons (Fsp3) is 0.667. The van der Waals surface area contributed by atoms with Crippen LogP contribution in [-0.2, 0) is 0 Å². The highest BCUT2D eigenvalue weighted by Gasteiger charge is 2.20. The van der Waals surface area contributed by atoms with E-state index < -0.39 is 0 Å². The standard InChI is InChI=1S/C9H13N/c1-2-4-9-7-10-6-5-8(9)3-1/h4,8,10H,1-3,5-6H2. The van der Waals surface area contributed by atoms with Crippen LogP contribution in [0, 0.1) is 12.5 Å². The molecule has 0 saturated carbocycles. The Morgan fingerprint density at radius 2 is 2.50 bits per heavy atom. The van der Waals surface area contributed by atoms with E-state index in [-0.39, 0.29) is 0 Å². The van der Waals surface area contributed by atoms with E-state index in [1.54, 1.807) is 0 Å². The average molecular weight is 135 g/mol. The molecule has 1 heteroatoms. The molecule has 2 radical (unpaired) electrons. The molecule has 2 rings (SSSR count). The first-order valence-corrected chi connectivity index (χ1v) is 4.16. The molecule has 1 heterocycles. The zero-order valence-electron chi connectivity index (χ0n) is 6.19. The molecule has 0 spiro atoms. The van der Waals surface area contributed by atoms with Crippen LogP contribution in [0.5, 0.6) is 0 Å². The Hall–Kier alpha value is -0.300. The van der Waals surface area contributed by atoms with Crippen LogP contribution < -0.4 is 5.32 Å². The van der Waals surface area contributed by atoms with Crippen LogP contribution in [0.3, 0.4) is 0 Å². The van der Waals surface area contributed by atoms with Gasteiger partial charge in [0.05, 0.1) is 6.54 Å². The van der Waals surface area contributed by atoms with E-state index >= 15 is 0 Å². The molecular formula is C9H13N. The van der Waals surface area contributed by atoms with Crippen molar-refractivity contribution < 1.29 is 0 Å². The van der Waals surface area contributed by atoms with Crippen molar-refractivity contribution in [3.05, 3.63) is 18.2 Å². The summed E-state index contributed by atoms with van der Waals surface area (Å²) >= 11 is 0. The Morgan fingerprint density at radius 3 is 3.40 bits per heavy atom. The first-order chi connectivity index (χ1) is 4.97. The maximum atomic E-state index is 3.23. The predicted octanol–water partition coefficient (Wildman–Crippen LogP) is 1.74. The van der Waals surface area contributed by atoms with Gasteiger partial charge in [0.15, 0.2) is 0 Å². The van der Waals surface area contributed by atoms with Gasteiger partial charge in [0.1, 0.15) is 0 Å². The first kappa shape index (κ1) is 6.41. The molecule has 0 bridgehead atoms. The van der Waals surface area contributed by atoms with E-state index in [4.69, 9.17) is 0 Å². The monoisotopic (exact) mass is 135 g/mol. The molecule has 1 saturated heterocycles. The van der Waals surface area contributed by atoms with E-state index in [0.717, 1.165) is 12.5 Å². The van der Waals surface area contributed by atoms with Crippen molar-refractivity contribution in [2.45, 2.75) is 25.7 Å². The Labute approximate surface area is 62.5 Å². The molecule has 1 aliphatic heterocycles. The highest BCUT2D eigenvalue weighted by molar-refractivity contribution is 5.20. The second-order valence-electron chi connectivity index (χ2n) is 3.13. The van der Waals surface area contributed by atoms with Crippen LogP contribution in [0.25, 0.3) is 0 Å². The summed E-state index contributed by atoms with van der Waals surface area (Å²) in [4.78, 5) is 0. The van der Waals surface area contributed by atoms with Crippen molar-refractivity contribution in [3.8, 4) is 0 Å². The smallest absolute Gasteiger partial charge is 0.0889 e. The molecule has 1 atom stereocenters. The fourth-order valence-electron chi connectivity index (χ4n) is 1.81. The number of hydrogen-bond donors (Lipinski definition) is 1. The largest absolute Gasteiger partial charge is 0.304 e. The minimum atomic E-state index is 0.843. The Balaban J connectivity index is 2.08. The maximum Gasteiger partial charge on any atom is 0.0889 e. The molecule has 0 amide bonds. The lowest BCUT2D eigenvalue weighted by atomic mass is 9.83. The molecule has 1 fully saturated rings. The molecule has 1 unspecified atom stereocenters. The minimum absolute atomic E-state index is 0.843. The summed E-state index contributed by atoms with van der Waals surface area (Å²) in [5.41, 5.74) is 1.44. The molecule has 1 aliphatic carbocycles. The molecule has 1 nitrogen and oxygen atoms in total. The summed E-state index contributed by atoms with van der Waals surface area (Å²) in [6.45, 7) is 4.36. The number of piperidine rings is 1. The zero-order valence-corrected chi connectivity index (χ0v) is 6.19. The minimum Gasteiger partial charge on any atom is -0.304 e. The van der Waals surface area contributed by atoms with Gasteiger partial charge in [0, 0.05) is 0 Å². The van der Waals surface area contributed by atoms with Crippen molar-refractivity contribution in [1.29, 1.82) is 0 Å². The van der Waals surface area contributed by atoms with E-state index in [0.29, 0.717) is 0 Å². The molecule has 0 aromatic carbocycles. The Kier molecular flexibility index (Phi) is 1.76. The molecule has 0 aromatic heterocycles. The number of allylic oxidation sites excluding steroid dienone is 1. The summed E-state index contributed by atoms with van der Waals surface area (Å²) in [6.07, 6.45) is 7.69. The van der Waals surface area contributed by atoms with Crippen molar-refractivity contribution in [1.82, 2.24) is 5.32 Å². The molecule has 0 aromatic rings. The van der Waals surface area contributed by atoms with Gasteiger partial charge in [-0.25, -0.2) is 0 Å². The van der Waals surface area contributed by atoms with Gasteiger partial charge in [-0.3, -0.25) is 0 Å². The van der Waals surface area contributed by atoms with E-state index in [1.807, 2.05) is 0 Å². The van der Waals surface area contributed by atoms with E-state index in [9.17, 15) is 0 Å². The van der Waals surface area contributed by atoms with Crippen LogP contribution in [0.4, 0.5) is 0 Å². The van der Waals surface area contributed by atoms with Crippen molar-refractivity contribution in [3.63, 3.8) is 0 Å². The highest BCUT2D eigenvalue weighted by atomic mass is 14.9. The molecule has 1 N–H and O–H groups in total. The number of fused-ring (bicyclic) bond motifs is 1. The molecule has 2 aliphatic rings. The second kappa shape index (κ2) is 2.75. The number of hydrogen-bond acceptors (Lipinski definition) is 1. The van der Waals surface area contributed by atoms with Crippen LogP contribution in [0.1, 0.15) is 25.7 Å². The summed E-state index contributed by atoms with van der Waals surface area (Å²) < 4.78 is 0. The third-order valence-corrected chi connectivity index (χ3v) is 2.41. The highest BCUT2D eigenvalue weighted by Crippen LogP contribution is 2.30. The molecule has 54 valence electrons. The van der Waals surface area contributed by atoms with Gasteiger partial charge in [-0.05, 0) is 43.7 Å². The zero-order chi connectivity index (χ0) is 6.81. The lowest BCUT2D eigenvalue weighted by molar-refractivity contribution is 0.437. The van der Waals surface area contributed by atoms with Crippen LogP contribution in [-0.4, -0.2) is 6.54 Å². The summed E-state index contributed by atoms with van der Waals surface area (Å²) in [5.74, 6) is 0.843. The van der Waals surface area contributed by atoms with E-state index in [2.05, 4.69) is 17.9 Å². The number of nitrogens with one attached hydrogen (secondary N) is 1. The Morgan fingerprint density at radius 1 is 1.50 bits per heavy atom. The maximum absolute atomic E-state index is 3.23. The van der Waals surface area contributed by atoms with Gasteiger partial charge in [-0.2, -0.15) is 0 Å². The van der Waals surface area contributed by atoms with Gasteiger partial charge >= 0.3 is 0 Å².